The summed E-state index contributed by atoms with van der Waals surface area (Å²) < 4.78 is 0. The van der Waals surface area contributed by atoms with E-state index >= 15 is 0 Å². The van der Waals surface area contributed by atoms with Crippen LogP contribution in [-0.4, -0.2) is 36.8 Å². The predicted octanol–water partition coefficient (Wildman–Crippen LogP) is 1.50. The van der Waals surface area contributed by atoms with Crippen molar-refractivity contribution >= 4 is 11.7 Å². The first-order valence-corrected chi connectivity index (χ1v) is 6.48. The minimum atomic E-state index is -0.738. The smallest absolute Gasteiger partial charge is 0.304 e. The normalized spacial score (nSPS) is 19.8. The molecule has 1 saturated heterocycles. The van der Waals surface area contributed by atoms with Gasteiger partial charge in [0.25, 0.3) is 0 Å². The van der Waals surface area contributed by atoms with Gasteiger partial charge in [-0.05, 0) is 18.1 Å². The maximum Gasteiger partial charge on any atom is 0.304 e. The summed E-state index contributed by atoms with van der Waals surface area (Å²) in [6.07, 6.45) is 1.19. The molecule has 1 aliphatic rings. The van der Waals surface area contributed by atoms with Crippen LogP contribution in [0.2, 0.25) is 0 Å². The van der Waals surface area contributed by atoms with Gasteiger partial charge in [-0.2, -0.15) is 0 Å². The Kier molecular flexibility index (Phi) is 4.20. The van der Waals surface area contributed by atoms with Gasteiger partial charge in [0.1, 0.15) is 0 Å². The van der Waals surface area contributed by atoms with Crippen molar-refractivity contribution in [3.63, 3.8) is 0 Å². The van der Waals surface area contributed by atoms with Gasteiger partial charge in [0.15, 0.2) is 0 Å². The number of carboxylic acids is 1. The molecule has 1 atom stereocenters. The Morgan fingerprint density at radius 3 is 3.00 bits per heavy atom. The molecule has 2 N–H and O–H groups in total. The summed E-state index contributed by atoms with van der Waals surface area (Å²) in [5.74, 6) is -0.738. The van der Waals surface area contributed by atoms with Gasteiger partial charge in [0, 0.05) is 31.4 Å². The molecule has 98 valence electrons. The minimum absolute atomic E-state index is 0.0427. The van der Waals surface area contributed by atoms with Crippen LogP contribution in [0.3, 0.4) is 0 Å². The fourth-order valence-electron chi connectivity index (χ4n) is 2.51. The zero-order chi connectivity index (χ0) is 13.0. The van der Waals surface area contributed by atoms with Crippen molar-refractivity contribution in [3.8, 4) is 0 Å². The summed E-state index contributed by atoms with van der Waals surface area (Å²) in [6.45, 7) is 4.70. The van der Waals surface area contributed by atoms with Crippen LogP contribution < -0.4 is 10.2 Å². The summed E-state index contributed by atoms with van der Waals surface area (Å²) in [4.78, 5) is 13.1. The third kappa shape index (κ3) is 3.01. The molecule has 0 aromatic heterocycles. The van der Waals surface area contributed by atoms with Crippen LogP contribution in [0.25, 0.3) is 0 Å². The Labute approximate surface area is 108 Å². The Hall–Kier alpha value is -1.55. The van der Waals surface area contributed by atoms with E-state index in [1.807, 2.05) is 6.07 Å². The highest BCUT2D eigenvalue weighted by molar-refractivity contribution is 5.68. The first-order valence-electron chi connectivity index (χ1n) is 6.48. The number of benzene rings is 1. The van der Waals surface area contributed by atoms with Crippen LogP contribution in [0.4, 0.5) is 5.69 Å². The molecular weight excluding hydrogens is 228 g/mol. The van der Waals surface area contributed by atoms with E-state index in [1.54, 1.807) is 0 Å². The number of para-hydroxylation sites is 1. The summed E-state index contributed by atoms with van der Waals surface area (Å²) >= 11 is 0. The predicted molar refractivity (Wildman–Crippen MR) is 72.1 cm³/mol. The van der Waals surface area contributed by atoms with E-state index in [-0.39, 0.29) is 12.5 Å². The van der Waals surface area contributed by atoms with Gasteiger partial charge in [0.2, 0.25) is 0 Å². The molecule has 18 heavy (non-hydrogen) atoms. The van der Waals surface area contributed by atoms with Gasteiger partial charge in [0.05, 0.1) is 6.42 Å². The first-order chi connectivity index (χ1) is 8.70. The molecule has 1 unspecified atom stereocenters. The van der Waals surface area contributed by atoms with Crippen LogP contribution in [0.5, 0.6) is 0 Å². The molecule has 0 aliphatic carbocycles. The van der Waals surface area contributed by atoms with Crippen LogP contribution in [0, 0.1) is 0 Å². The molecule has 1 aromatic carbocycles. The standard InChI is InChI=1S/C14H20N2O2/c1-2-11-5-3-4-6-13(11)16-8-7-15-12(10-16)9-14(17)18/h3-6,12,15H,2,7-10H2,1H3,(H,17,18). The van der Waals surface area contributed by atoms with E-state index in [1.165, 1.54) is 11.3 Å². The molecule has 1 fully saturated rings. The lowest BCUT2D eigenvalue weighted by Gasteiger charge is -2.35. The molecule has 2 rings (SSSR count). The first kappa shape index (κ1) is 12.9. The highest BCUT2D eigenvalue weighted by Gasteiger charge is 2.22. The quantitative estimate of drug-likeness (QED) is 0.848. The molecule has 1 heterocycles. The zero-order valence-electron chi connectivity index (χ0n) is 10.7. The summed E-state index contributed by atoms with van der Waals surface area (Å²) in [5.41, 5.74) is 2.57. The number of carboxylic acid groups (broad SMARTS) is 1. The summed E-state index contributed by atoms with van der Waals surface area (Å²) in [7, 11) is 0. The number of aliphatic carboxylic acids is 1. The van der Waals surface area contributed by atoms with Crippen molar-refractivity contribution in [2.75, 3.05) is 24.5 Å². The fraction of sp³-hybridized carbons (Fsp3) is 0.500. The monoisotopic (exact) mass is 248 g/mol. The van der Waals surface area contributed by atoms with Gasteiger partial charge in [-0.3, -0.25) is 4.79 Å². The number of hydrogen-bond acceptors (Lipinski definition) is 3. The number of nitrogens with one attached hydrogen (secondary N) is 1. The van der Waals surface area contributed by atoms with Gasteiger partial charge >= 0.3 is 5.97 Å². The lowest BCUT2D eigenvalue weighted by atomic mass is 10.1. The number of carbonyl (C=O) groups is 1. The van der Waals surface area contributed by atoms with Crippen molar-refractivity contribution < 1.29 is 9.90 Å². The number of rotatable bonds is 4. The second kappa shape index (κ2) is 5.87. The van der Waals surface area contributed by atoms with Gasteiger partial charge in [-0.15, -0.1) is 0 Å². The fourth-order valence-corrected chi connectivity index (χ4v) is 2.51. The Bertz CT molecular complexity index is 420. The average Bonchev–Trinajstić information content (AvgIpc) is 2.38. The van der Waals surface area contributed by atoms with E-state index in [2.05, 4.69) is 35.3 Å². The maximum absolute atomic E-state index is 10.8. The second-order valence-corrected chi connectivity index (χ2v) is 4.68. The molecule has 0 saturated carbocycles. The number of nitrogens with zero attached hydrogens (tertiary/aromatic N) is 1. The molecule has 1 aliphatic heterocycles. The third-order valence-electron chi connectivity index (χ3n) is 3.39. The van der Waals surface area contributed by atoms with Crippen LogP contribution in [0.15, 0.2) is 24.3 Å². The van der Waals surface area contributed by atoms with Crippen LogP contribution in [0.1, 0.15) is 18.9 Å². The molecule has 0 bridgehead atoms. The highest BCUT2D eigenvalue weighted by Crippen LogP contribution is 2.22. The largest absolute Gasteiger partial charge is 0.481 e. The molecule has 1 aromatic rings. The molecular formula is C14H20N2O2. The van der Waals surface area contributed by atoms with Crippen LogP contribution >= 0.6 is 0 Å². The topological polar surface area (TPSA) is 52.6 Å². The third-order valence-corrected chi connectivity index (χ3v) is 3.39. The number of piperazine rings is 1. The maximum atomic E-state index is 10.8. The molecule has 4 heteroatoms. The molecule has 4 nitrogen and oxygen atoms in total. The lowest BCUT2D eigenvalue weighted by molar-refractivity contribution is -0.137. The Balaban J connectivity index is 2.10. The van der Waals surface area contributed by atoms with E-state index in [0.717, 1.165) is 26.1 Å². The van der Waals surface area contributed by atoms with E-state index in [4.69, 9.17) is 5.11 Å². The van der Waals surface area contributed by atoms with E-state index < -0.39 is 5.97 Å². The van der Waals surface area contributed by atoms with Crippen molar-refractivity contribution in [1.29, 1.82) is 0 Å². The summed E-state index contributed by atoms with van der Waals surface area (Å²) in [5, 5.41) is 12.1. The minimum Gasteiger partial charge on any atom is -0.481 e. The zero-order valence-corrected chi connectivity index (χ0v) is 10.7. The molecule has 0 amide bonds. The second-order valence-electron chi connectivity index (χ2n) is 4.68. The van der Waals surface area contributed by atoms with Gasteiger partial charge < -0.3 is 15.3 Å². The van der Waals surface area contributed by atoms with Crippen LogP contribution in [-0.2, 0) is 11.2 Å². The Morgan fingerprint density at radius 2 is 2.28 bits per heavy atom. The van der Waals surface area contributed by atoms with Crippen molar-refractivity contribution in [2.24, 2.45) is 0 Å². The van der Waals surface area contributed by atoms with E-state index in [0.29, 0.717) is 0 Å². The molecule has 0 spiro atoms. The lowest BCUT2D eigenvalue weighted by Crippen LogP contribution is -2.51. The Morgan fingerprint density at radius 1 is 1.50 bits per heavy atom. The van der Waals surface area contributed by atoms with E-state index in [9.17, 15) is 4.79 Å². The number of aryl methyl sites for hydroxylation is 1. The number of anilines is 1. The van der Waals surface area contributed by atoms with Gasteiger partial charge in [-0.1, -0.05) is 25.1 Å². The molecule has 0 radical (unpaired) electrons. The highest BCUT2D eigenvalue weighted by atomic mass is 16.4. The van der Waals surface area contributed by atoms with Gasteiger partial charge in [-0.25, -0.2) is 0 Å². The SMILES string of the molecule is CCc1ccccc1N1CCNC(CC(=O)O)C1. The summed E-state index contributed by atoms with van der Waals surface area (Å²) in [6, 6.07) is 8.41. The van der Waals surface area contributed by atoms with Crippen molar-refractivity contribution in [1.82, 2.24) is 5.32 Å². The van der Waals surface area contributed by atoms with Crippen molar-refractivity contribution in [2.45, 2.75) is 25.8 Å². The number of hydrogen-bond donors (Lipinski definition) is 2. The van der Waals surface area contributed by atoms with Crippen molar-refractivity contribution in [3.05, 3.63) is 29.8 Å². The average molecular weight is 248 g/mol.